The number of alkyl halides is 3. The molecule has 4 rings (SSSR count). The molecule has 1 aromatic carbocycles. The van der Waals surface area contributed by atoms with Gasteiger partial charge in [-0.1, -0.05) is 0 Å². The van der Waals surface area contributed by atoms with E-state index in [9.17, 15) is 18.0 Å². The van der Waals surface area contributed by atoms with Crippen molar-refractivity contribution in [3.8, 4) is 11.9 Å². The number of methoxy groups -OCH3 is 1. The third kappa shape index (κ3) is 7.07. The standard InChI is InChI=1S/C27H33F3N6O2/c1-38-25-7-6-23(19-32-25)35-15-13-34(14-16-35)10-2-3-26(37)36-11-8-21(9-12-36)33-22-5-4-20(18-31)24(17-22)27(28,29)30/h4-7,17,19,21,33H,2-3,8-16H2,1H3. The highest BCUT2D eigenvalue weighted by molar-refractivity contribution is 5.76. The molecule has 3 heterocycles. The van der Waals surface area contributed by atoms with Crippen LogP contribution in [0.15, 0.2) is 36.5 Å². The molecule has 2 aromatic rings. The first-order chi connectivity index (χ1) is 18.3. The molecule has 1 N–H and O–H groups in total. The lowest BCUT2D eigenvalue weighted by atomic mass is 10.0. The van der Waals surface area contributed by atoms with E-state index in [1.807, 2.05) is 23.2 Å². The number of ether oxygens (including phenoxy) is 1. The number of nitrogens with one attached hydrogen (secondary N) is 1. The van der Waals surface area contributed by atoms with Crippen LogP contribution in [0.2, 0.25) is 0 Å². The molecule has 0 radical (unpaired) electrons. The van der Waals surface area contributed by atoms with E-state index in [4.69, 9.17) is 10.00 Å². The minimum atomic E-state index is -4.58. The third-order valence-corrected chi connectivity index (χ3v) is 7.20. The van der Waals surface area contributed by atoms with Crippen molar-refractivity contribution in [2.75, 3.05) is 63.1 Å². The number of hydrogen-bond acceptors (Lipinski definition) is 7. The average molecular weight is 531 g/mol. The second-order valence-corrected chi connectivity index (χ2v) is 9.66. The Labute approximate surface area is 221 Å². The Morgan fingerprint density at radius 3 is 2.47 bits per heavy atom. The van der Waals surface area contributed by atoms with Gasteiger partial charge in [0.1, 0.15) is 0 Å². The van der Waals surface area contributed by atoms with E-state index in [1.165, 1.54) is 12.1 Å². The van der Waals surface area contributed by atoms with Crippen molar-refractivity contribution in [3.63, 3.8) is 0 Å². The van der Waals surface area contributed by atoms with Gasteiger partial charge in [-0.3, -0.25) is 9.69 Å². The summed E-state index contributed by atoms with van der Waals surface area (Å²) in [4.78, 5) is 23.5. The van der Waals surface area contributed by atoms with Gasteiger partial charge in [-0.2, -0.15) is 18.4 Å². The SMILES string of the molecule is COc1ccc(N2CCN(CCCC(=O)N3CCC(Nc4ccc(C#N)c(C(F)(F)F)c4)CC3)CC2)cn1. The Bertz CT molecular complexity index is 1120. The Hall–Kier alpha value is -3.52. The van der Waals surface area contributed by atoms with E-state index in [0.29, 0.717) is 43.9 Å². The van der Waals surface area contributed by atoms with Crippen LogP contribution in [0.3, 0.4) is 0 Å². The molecule has 0 spiro atoms. The Balaban J connectivity index is 1.15. The second-order valence-electron chi connectivity index (χ2n) is 9.66. The monoisotopic (exact) mass is 530 g/mol. The molecule has 1 aromatic heterocycles. The van der Waals surface area contributed by atoms with Crippen LogP contribution in [0.1, 0.15) is 36.8 Å². The molecule has 11 heteroatoms. The van der Waals surface area contributed by atoms with Crippen LogP contribution in [0.4, 0.5) is 24.5 Å². The van der Waals surface area contributed by atoms with Gasteiger partial charge in [-0.25, -0.2) is 4.98 Å². The van der Waals surface area contributed by atoms with Crippen LogP contribution >= 0.6 is 0 Å². The molecule has 2 aliphatic heterocycles. The zero-order valence-electron chi connectivity index (χ0n) is 21.5. The Kier molecular flexibility index (Phi) is 8.94. The van der Waals surface area contributed by atoms with Crippen LogP contribution in [0, 0.1) is 11.3 Å². The highest BCUT2D eigenvalue weighted by atomic mass is 19.4. The lowest BCUT2D eigenvalue weighted by molar-refractivity contribution is -0.137. The van der Waals surface area contributed by atoms with Gasteiger partial charge >= 0.3 is 6.18 Å². The fourth-order valence-electron chi connectivity index (χ4n) is 5.00. The highest BCUT2D eigenvalue weighted by Gasteiger charge is 2.34. The van der Waals surface area contributed by atoms with Crippen LogP contribution in [-0.4, -0.2) is 79.7 Å². The van der Waals surface area contributed by atoms with Crippen LogP contribution in [0.5, 0.6) is 5.88 Å². The quantitative estimate of drug-likeness (QED) is 0.553. The van der Waals surface area contributed by atoms with Gasteiger partial charge in [-0.15, -0.1) is 0 Å². The summed E-state index contributed by atoms with van der Waals surface area (Å²) in [5.41, 5.74) is 0.0969. The Morgan fingerprint density at radius 1 is 1.13 bits per heavy atom. The Morgan fingerprint density at radius 2 is 1.87 bits per heavy atom. The van der Waals surface area contributed by atoms with E-state index >= 15 is 0 Å². The van der Waals surface area contributed by atoms with Gasteiger partial charge < -0.3 is 19.9 Å². The summed E-state index contributed by atoms with van der Waals surface area (Å²) < 4.78 is 44.8. The number of piperazine rings is 1. The van der Waals surface area contributed by atoms with Crippen LogP contribution < -0.4 is 15.0 Å². The van der Waals surface area contributed by atoms with Crippen molar-refractivity contribution >= 4 is 17.3 Å². The van der Waals surface area contributed by atoms with Gasteiger partial charge in [0.15, 0.2) is 0 Å². The number of halogens is 3. The number of nitrogens with zero attached hydrogens (tertiary/aromatic N) is 5. The number of aromatic nitrogens is 1. The largest absolute Gasteiger partial charge is 0.481 e. The second kappa shape index (κ2) is 12.3. The summed E-state index contributed by atoms with van der Waals surface area (Å²) in [6.45, 7) is 5.71. The van der Waals surface area contributed by atoms with E-state index in [2.05, 4.69) is 20.1 Å². The molecule has 0 bridgehead atoms. The summed E-state index contributed by atoms with van der Waals surface area (Å²) in [5.74, 6) is 0.729. The molecule has 2 saturated heterocycles. The van der Waals surface area contributed by atoms with E-state index in [0.717, 1.165) is 50.9 Å². The van der Waals surface area contributed by atoms with Gasteiger partial charge in [-0.05, 0) is 50.1 Å². The minimum Gasteiger partial charge on any atom is -0.481 e. The lowest BCUT2D eigenvalue weighted by Gasteiger charge is -2.36. The van der Waals surface area contributed by atoms with Crippen molar-refractivity contribution in [2.45, 2.75) is 37.9 Å². The molecular weight excluding hydrogens is 497 g/mol. The van der Waals surface area contributed by atoms with Gasteiger partial charge in [0, 0.05) is 63.5 Å². The van der Waals surface area contributed by atoms with Gasteiger partial charge in [0.2, 0.25) is 11.8 Å². The average Bonchev–Trinajstić information content (AvgIpc) is 2.93. The molecule has 2 aliphatic rings. The topological polar surface area (TPSA) is 84.7 Å². The molecule has 2 fully saturated rings. The van der Waals surface area contributed by atoms with E-state index in [1.54, 1.807) is 13.2 Å². The maximum absolute atomic E-state index is 13.2. The third-order valence-electron chi connectivity index (χ3n) is 7.20. The van der Waals surface area contributed by atoms with Crippen LogP contribution in [0.25, 0.3) is 0 Å². The summed E-state index contributed by atoms with van der Waals surface area (Å²) in [6.07, 6.45) is -0.140. The number of carbonyl (C=O) groups is 1. The number of pyridine rings is 1. The first-order valence-electron chi connectivity index (χ1n) is 12.9. The number of rotatable bonds is 8. The maximum Gasteiger partial charge on any atom is 0.417 e. The maximum atomic E-state index is 13.2. The van der Waals surface area contributed by atoms with Crippen molar-refractivity contribution < 1.29 is 22.7 Å². The molecule has 0 unspecified atom stereocenters. The smallest absolute Gasteiger partial charge is 0.417 e. The summed E-state index contributed by atoms with van der Waals surface area (Å²) in [6, 6.07) is 9.14. The molecule has 1 amide bonds. The minimum absolute atomic E-state index is 0.0229. The number of likely N-dealkylation sites (tertiary alicyclic amines) is 1. The zero-order valence-corrected chi connectivity index (χ0v) is 21.5. The molecule has 0 saturated carbocycles. The van der Waals surface area contributed by atoms with Crippen molar-refractivity contribution in [1.82, 2.24) is 14.8 Å². The fourth-order valence-corrected chi connectivity index (χ4v) is 5.00. The van der Waals surface area contributed by atoms with E-state index < -0.39 is 11.7 Å². The number of amides is 1. The zero-order chi connectivity index (χ0) is 27.1. The first-order valence-corrected chi connectivity index (χ1v) is 12.9. The number of benzene rings is 1. The predicted octanol–water partition coefficient (Wildman–Crippen LogP) is 3.99. The molecule has 8 nitrogen and oxygen atoms in total. The normalized spacial score (nSPS) is 17.2. The van der Waals surface area contributed by atoms with Crippen molar-refractivity contribution in [2.24, 2.45) is 0 Å². The number of piperidine rings is 1. The first kappa shape index (κ1) is 27.5. The van der Waals surface area contributed by atoms with Gasteiger partial charge in [0.05, 0.1) is 36.2 Å². The van der Waals surface area contributed by atoms with Gasteiger partial charge in [0.25, 0.3) is 0 Å². The van der Waals surface area contributed by atoms with E-state index in [-0.39, 0.29) is 17.5 Å². The molecular formula is C27H33F3N6O2. The number of carbonyl (C=O) groups excluding carboxylic acids is 1. The fraction of sp³-hybridized carbons (Fsp3) is 0.519. The predicted molar refractivity (Wildman–Crippen MR) is 138 cm³/mol. The van der Waals surface area contributed by atoms with Crippen molar-refractivity contribution in [1.29, 1.82) is 5.26 Å². The summed E-state index contributed by atoms with van der Waals surface area (Å²) in [7, 11) is 1.60. The molecule has 0 aliphatic carbocycles. The molecule has 0 atom stereocenters. The molecule has 204 valence electrons. The number of nitriles is 1. The van der Waals surface area contributed by atoms with Crippen LogP contribution in [-0.2, 0) is 11.0 Å². The summed E-state index contributed by atoms with van der Waals surface area (Å²) in [5, 5.41) is 12.1. The lowest BCUT2D eigenvalue weighted by Crippen LogP contribution is -2.47. The highest BCUT2D eigenvalue weighted by Crippen LogP contribution is 2.34. The number of anilines is 2. The summed E-state index contributed by atoms with van der Waals surface area (Å²) >= 11 is 0. The molecule has 38 heavy (non-hydrogen) atoms. The van der Waals surface area contributed by atoms with Crippen molar-refractivity contribution in [3.05, 3.63) is 47.7 Å². The number of hydrogen-bond donors (Lipinski definition) is 1.